The van der Waals surface area contributed by atoms with Gasteiger partial charge in [-0.25, -0.2) is 5.90 Å². The summed E-state index contributed by atoms with van der Waals surface area (Å²) in [6, 6.07) is 0. The molecule has 0 aromatic rings. The number of carbonyl (C=O) groups excluding carboxylic acids is 1. The van der Waals surface area contributed by atoms with Gasteiger partial charge in [-0.05, 0) is 6.08 Å². The van der Waals surface area contributed by atoms with Crippen molar-refractivity contribution in [1.82, 2.24) is 0 Å². The average Bonchev–Trinajstić information content (AvgIpc) is 1.73. The molecule has 4 heteroatoms. The van der Waals surface area contributed by atoms with Gasteiger partial charge in [0.05, 0.1) is 0 Å². The molecule has 7 heavy (non-hydrogen) atoms. The predicted molar refractivity (Wildman–Crippen MR) is 25.4 cm³/mol. The van der Waals surface area contributed by atoms with E-state index in [-0.39, 0.29) is 0 Å². The van der Waals surface area contributed by atoms with Crippen LogP contribution in [0.15, 0.2) is 12.7 Å². The van der Waals surface area contributed by atoms with Crippen LogP contribution in [0.1, 0.15) is 0 Å². The SMILES string of the molecule is C=CC(N)=O.NO. The molecule has 0 aliphatic carbocycles. The number of carbonyl (C=O) groups is 1. The fourth-order valence-corrected chi connectivity index (χ4v) is 0. The molecule has 4 nitrogen and oxygen atoms in total. The molecule has 0 aromatic carbocycles. The van der Waals surface area contributed by atoms with Crippen LogP contribution >= 0.6 is 0 Å². The Labute approximate surface area is 41.4 Å². The van der Waals surface area contributed by atoms with Crippen molar-refractivity contribution in [2.45, 2.75) is 0 Å². The molecule has 5 N–H and O–H groups in total. The third kappa shape index (κ3) is 39.4. The summed E-state index contributed by atoms with van der Waals surface area (Å²) in [5.74, 6) is 3.02. The summed E-state index contributed by atoms with van der Waals surface area (Å²) in [6.07, 6.45) is 1.06. The third-order valence-electron chi connectivity index (χ3n) is 0.201. The van der Waals surface area contributed by atoms with Gasteiger partial charge in [-0.3, -0.25) is 4.79 Å². The molecule has 0 spiro atoms. The highest BCUT2D eigenvalue weighted by Crippen LogP contribution is 1.48. The van der Waals surface area contributed by atoms with E-state index in [2.05, 4.69) is 18.2 Å². The lowest BCUT2D eigenvalue weighted by molar-refractivity contribution is -0.113. The van der Waals surface area contributed by atoms with Crippen LogP contribution in [0.2, 0.25) is 0 Å². The van der Waals surface area contributed by atoms with Gasteiger partial charge in [-0.1, -0.05) is 6.58 Å². The van der Waals surface area contributed by atoms with Crippen molar-refractivity contribution in [3.05, 3.63) is 12.7 Å². The van der Waals surface area contributed by atoms with Crippen molar-refractivity contribution in [2.75, 3.05) is 0 Å². The van der Waals surface area contributed by atoms with Gasteiger partial charge in [-0.15, -0.1) is 0 Å². The predicted octanol–water partition coefficient (Wildman–Crippen LogP) is -1.01. The summed E-state index contributed by atoms with van der Waals surface area (Å²) in [6.45, 7) is 3.09. The Hall–Kier alpha value is -0.870. The van der Waals surface area contributed by atoms with Crippen LogP contribution in [0.5, 0.6) is 0 Å². The van der Waals surface area contributed by atoms with Gasteiger partial charge in [0.15, 0.2) is 0 Å². The Morgan fingerprint density at radius 3 is 1.86 bits per heavy atom. The lowest BCUT2D eigenvalue weighted by Crippen LogP contribution is -2.04. The van der Waals surface area contributed by atoms with Gasteiger partial charge in [-0.2, -0.15) is 0 Å². The van der Waals surface area contributed by atoms with E-state index in [1.165, 1.54) is 0 Å². The minimum Gasteiger partial charge on any atom is -0.366 e. The number of primary amides is 1. The number of rotatable bonds is 1. The highest BCUT2D eigenvalue weighted by molar-refractivity contribution is 5.84. The largest absolute Gasteiger partial charge is 0.366 e. The molecule has 0 saturated heterocycles. The van der Waals surface area contributed by atoms with Crippen LogP contribution in [-0.4, -0.2) is 11.1 Å². The number of nitrogens with two attached hydrogens (primary N) is 2. The van der Waals surface area contributed by atoms with Crippen molar-refractivity contribution < 1.29 is 10.0 Å². The van der Waals surface area contributed by atoms with Gasteiger partial charge < -0.3 is 10.9 Å². The second-order valence-corrected chi connectivity index (χ2v) is 0.606. The Morgan fingerprint density at radius 1 is 1.71 bits per heavy atom. The maximum atomic E-state index is 9.47. The minimum atomic E-state index is -0.481. The maximum Gasteiger partial charge on any atom is 0.240 e. The zero-order chi connectivity index (χ0) is 6.28. The summed E-state index contributed by atoms with van der Waals surface area (Å²) >= 11 is 0. The molecule has 0 bridgehead atoms. The number of amides is 1. The molecule has 0 radical (unpaired) electrons. The standard InChI is InChI=1S/C3H5NO.H3NO/c1-2-3(4)5;1-2/h2H,1H2,(H2,4,5);2H,1H2. The molecule has 0 saturated carbocycles. The van der Waals surface area contributed by atoms with E-state index in [0.29, 0.717) is 0 Å². The van der Waals surface area contributed by atoms with Gasteiger partial charge in [0.25, 0.3) is 0 Å². The monoisotopic (exact) mass is 104 g/mol. The summed E-state index contributed by atoms with van der Waals surface area (Å²) in [4.78, 5) is 9.47. The zero-order valence-electron chi connectivity index (χ0n) is 3.79. The molecule has 0 rings (SSSR count). The van der Waals surface area contributed by atoms with Crippen LogP contribution in [0.3, 0.4) is 0 Å². The Morgan fingerprint density at radius 2 is 1.86 bits per heavy atom. The molecule has 0 unspecified atom stereocenters. The van der Waals surface area contributed by atoms with E-state index < -0.39 is 5.91 Å². The van der Waals surface area contributed by atoms with Gasteiger partial charge >= 0.3 is 0 Å². The zero-order valence-corrected chi connectivity index (χ0v) is 3.79. The molecular formula is C3H8N2O2. The van der Waals surface area contributed by atoms with Crippen molar-refractivity contribution in [1.29, 1.82) is 0 Å². The Balaban J connectivity index is 0. The molecule has 0 aromatic heterocycles. The number of hydrogen-bond acceptors (Lipinski definition) is 3. The molecule has 1 amide bonds. The molecule has 0 aliphatic rings. The van der Waals surface area contributed by atoms with E-state index in [4.69, 9.17) is 5.21 Å². The van der Waals surface area contributed by atoms with Gasteiger partial charge in [0, 0.05) is 0 Å². The van der Waals surface area contributed by atoms with Crippen molar-refractivity contribution in [2.24, 2.45) is 11.6 Å². The van der Waals surface area contributed by atoms with Crippen molar-refractivity contribution >= 4 is 5.91 Å². The minimum absolute atomic E-state index is 0.481. The Bertz CT molecular complexity index is 62.0. The van der Waals surface area contributed by atoms with Crippen molar-refractivity contribution in [3.63, 3.8) is 0 Å². The maximum absolute atomic E-state index is 9.47. The smallest absolute Gasteiger partial charge is 0.240 e. The van der Waals surface area contributed by atoms with Crippen LogP contribution in [-0.2, 0) is 4.79 Å². The van der Waals surface area contributed by atoms with Crippen LogP contribution in [0, 0.1) is 0 Å². The fraction of sp³-hybridized carbons (Fsp3) is 0. The quantitative estimate of drug-likeness (QED) is 0.294. The second kappa shape index (κ2) is 8.93. The second-order valence-electron chi connectivity index (χ2n) is 0.606. The lowest BCUT2D eigenvalue weighted by atomic mass is 10.6. The Kier molecular flexibility index (Phi) is 12.1. The molecule has 0 heterocycles. The first kappa shape index (κ1) is 9.46. The first-order valence-electron chi connectivity index (χ1n) is 1.45. The van der Waals surface area contributed by atoms with E-state index in [0.717, 1.165) is 6.08 Å². The van der Waals surface area contributed by atoms with Gasteiger partial charge in [0.2, 0.25) is 5.91 Å². The fourth-order valence-electron chi connectivity index (χ4n) is 0. The van der Waals surface area contributed by atoms with E-state index >= 15 is 0 Å². The van der Waals surface area contributed by atoms with Crippen LogP contribution in [0.4, 0.5) is 0 Å². The highest BCUT2D eigenvalue weighted by atomic mass is 16.4. The average molecular weight is 104 g/mol. The first-order chi connectivity index (χ1) is 3.27. The van der Waals surface area contributed by atoms with Crippen molar-refractivity contribution in [3.8, 4) is 0 Å². The molecule has 42 valence electrons. The first-order valence-corrected chi connectivity index (χ1v) is 1.45. The number of hydrogen-bond donors (Lipinski definition) is 3. The summed E-state index contributed by atoms with van der Waals surface area (Å²) in [7, 11) is 0. The topological polar surface area (TPSA) is 89.3 Å². The van der Waals surface area contributed by atoms with E-state index in [1.807, 2.05) is 0 Å². The lowest BCUT2D eigenvalue weighted by Gasteiger charge is -1.65. The molecular weight excluding hydrogens is 96.0 g/mol. The summed E-state index contributed by atoms with van der Waals surface area (Å²) in [5.41, 5.74) is 4.53. The third-order valence-corrected chi connectivity index (χ3v) is 0.201. The molecule has 0 atom stereocenters. The van der Waals surface area contributed by atoms with Crippen LogP contribution < -0.4 is 11.6 Å². The van der Waals surface area contributed by atoms with E-state index in [9.17, 15) is 4.79 Å². The molecule has 0 fully saturated rings. The van der Waals surface area contributed by atoms with Crippen LogP contribution in [0.25, 0.3) is 0 Å². The molecule has 0 aliphatic heterocycles. The highest BCUT2D eigenvalue weighted by Gasteiger charge is 1.69. The normalized spacial score (nSPS) is 5.43. The van der Waals surface area contributed by atoms with Gasteiger partial charge in [0.1, 0.15) is 0 Å². The van der Waals surface area contributed by atoms with E-state index in [1.54, 1.807) is 0 Å². The summed E-state index contributed by atoms with van der Waals surface area (Å²) < 4.78 is 0. The summed E-state index contributed by atoms with van der Waals surface area (Å²) in [5, 5.41) is 6.50.